The monoisotopic (exact) mass is 566 g/mol. The van der Waals surface area contributed by atoms with Crippen LogP contribution < -0.4 is 10.2 Å². The Morgan fingerprint density at radius 3 is 2.13 bits per heavy atom. The molecule has 1 rings (SSSR count). The zero-order valence-electron chi connectivity index (χ0n) is 17.2. The molecule has 0 aromatic heterocycles. The predicted octanol–water partition coefficient (Wildman–Crippen LogP) is 2.42. The number of nitrogens with zero attached hydrogens (tertiary/aromatic N) is 3. The number of aliphatic hydroxyl groups is 1. The molecule has 0 bridgehead atoms. The molecule has 0 spiro atoms. The highest BCUT2D eigenvalue weighted by atomic mass is 79.9. The van der Waals surface area contributed by atoms with E-state index in [1.54, 1.807) is 6.07 Å². The molecule has 1 aromatic rings. The molecular weight excluding hydrogens is 540 g/mol. The number of amides is 1. The van der Waals surface area contributed by atoms with Crippen molar-refractivity contribution < 1.29 is 19.7 Å². The Kier molecular flexibility index (Phi) is 13.3. The van der Waals surface area contributed by atoms with Crippen LogP contribution in [0.4, 0.5) is 5.69 Å². The molecule has 0 saturated heterocycles. The van der Waals surface area contributed by atoms with E-state index in [2.05, 4.69) is 37.2 Å². The zero-order chi connectivity index (χ0) is 23.2. The van der Waals surface area contributed by atoms with Gasteiger partial charge in [-0.1, -0.05) is 37.9 Å². The van der Waals surface area contributed by atoms with Crippen molar-refractivity contribution in [1.82, 2.24) is 5.32 Å². The van der Waals surface area contributed by atoms with Crippen molar-refractivity contribution in [1.29, 1.82) is 0 Å². The zero-order valence-corrected chi connectivity index (χ0v) is 20.4. The Morgan fingerprint density at radius 2 is 1.61 bits per heavy atom. The summed E-state index contributed by atoms with van der Waals surface area (Å²) in [5.74, 6) is -0.357. The summed E-state index contributed by atoms with van der Waals surface area (Å²) >= 11 is 6.87. The summed E-state index contributed by atoms with van der Waals surface area (Å²) in [6.07, 6.45) is 1.46. The van der Waals surface area contributed by atoms with Crippen molar-refractivity contribution in [2.45, 2.75) is 25.7 Å². The van der Waals surface area contributed by atoms with Crippen LogP contribution in [-0.4, -0.2) is 70.9 Å². The summed E-state index contributed by atoms with van der Waals surface area (Å²) in [5.41, 5.74) is 2.69. The molecular formula is C19H28Br2N4O6. The Morgan fingerprint density at radius 1 is 1.03 bits per heavy atom. The molecule has 0 radical (unpaired) electrons. The standard InChI is InChI=1S/C19H28Br2N4O6/c20-5-10-23(11-6-21)18-16(4-2-9-25(30)31)13-15(3-1-8-24(28)29)14-17(18)19(27)22-7-12-26/h13-14,26H,1-12H2,(H,22,27). The molecule has 0 aliphatic carbocycles. The van der Waals surface area contributed by atoms with E-state index >= 15 is 0 Å². The number of rotatable bonds is 16. The van der Waals surface area contributed by atoms with Gasteiger partial charge in [0.05, 0.1) is 17.9 Å². The summed E-state index contributed by atoms with van der Waals surface area (Å²) in [5, 5.41) is 34.6. The van der Waals surface area contributed by atoms with Crippen molar-refractivity contribution in [2.24, 2.45) is 0 Å². The van der Waals surface area contributed by atoms with Gasteiger partial charge in [-0.15, -0.1) is 0 Å². The second-order valence-corrected chi connectivity index (χ2v) is 8.40. The van der Waals surface area contributed by atoms with Crippen LogP contribution in [0.5, 0.6) is 0 Å². The lowest BCUT2D eigenvalue weighted by molar-refractivity contribution is -0.480. The van der Waals surface area contributed by atoms with Crippen molar-refractivity contribution in [3.63, 3.8) is 0 Å². The Hall–Kier alpha value is -1.79. The molecule has 0 aliphatic rings. The maximum Gasteiger partial charge on any atom is 0.253 e. The first kappa shape index (κ1) is 27.2. The van der Waals surface area contributed by atoms with Crippen LogP contribution in [0.2, 0.25) is 0 Å². The number of hydrogen-bond donors (Lipinski definition) is 2. The number of nitrogens with one attached hydrogen (secondary N) is 1. The topological polar surface area (TPSA) is 139 Å². The maximum atomic E-state index is 12.9. The Labute approximate surface area is 197 Å². The third kappa shape index (κ3) is 9.92. The van der Waals surface area contributed by atoms with Crippen LogP contribution in [0.1, 0.15) is 34.3 Å². The summed E-state index contributed by atoms with van der Waals surface area (Å²) in [7, 11) is 0. The minimum atomic E-state index is -0.380. The van der Waals surface area contributed by atoms with Crippen molar-refractivity contribution in [3.8, 4) is 0 Å². The number of nitro groups is 2. The number of aryl methyl sites for hydroxylation is 2. The average Bonchev–Trinajstić information content (AvgIpc) is 2.71. The third-order valence-electron chi connectivity index (χ3n) is 4.51. The number of alkyl halides is 2. The van der Waals surface area contributed by atoms with E-state index in [1.165, 1.54) is 0 Å². The van der Waals surface area contributed by atoms with Crippen LogP contribution in [0, 0.1) is 20.2 Å². The van der Waals surface area contributed by atoms with E-state index in [1.807, 2.05) is 11.0 Å². The highest BCUT2D eigenvalue weighted by Crippen LogP contribution is 2.30. The van der Waals surface area contributed by atoms with E-state index in [0.717, 1.165) is 11.1 Å². The van der Waals surface area contributed by atoms with Crippen molar-refractivity contribution >= 4 is 43.5 Å². The number of aliphatic hydroxyl groups excluding tert-OH is 1. The van der Waals surface area contributed by atoms with Crippen molar-refractivity contribution in [2.75, 3.05) is 54.9 Å². The van der Waals surface area contributed by atoms with Gasteiger partial charge < -0.3 is 15.3 Å². The fraction of sp³-hybridized carbons (Fsp3) is 0.632. The molecule has 0 fully saturated rings. The quantitative estimate of drug-likeness (QED) is 0.178. The van der Waals surface area contributed by atoms with E-state index < -0.39 is 0 Å². The predicted molar refractivity (Wildman–Crippen MR) is 126 cm³/mol. The van der Waals surface area contributed by atoms with E-state index in [-0.39, 0.29) is 42.0 Å². The number of carbonyl (C=O) groups is 1. The second-order valence-electron chi connectivity index (χ2n) is 6.82. The molecule has 2 N–H and O–H groups in total. The molecule has 0 unspecified atom stereocenters. The fourth-order valence-corrected chi connectivity index (χ4v) is 4.11. The lowest BCUT2D eigenvalue weighted by Crippen LogP contribution is -2.33. The van der Waals surface area contributed by atoms with Gasteiger partial charge in [0.15, 0.2) is 0 Å². The molecule has 174 valence electrons. The van der Waals surface area contributed by atoms with Gasteiger partial charge in [-0.25, -0.2) is 0 Å². The highest BCUT2D eigenvalue weighted by Gasteiger charge is 2.22. The molecule has 0 aliphatic heterocycles. The summed E-state index contributed by atoms with van der Waals surface area (Å²) in [6.45, 7) is 0.768. The van der Waals surface area contributed by atoms with Gasteiger partial charge in [-0.2, -0.15) is 0 Å². The van der Waals surface area contributed by atoms with E-state index in [9.17, 15) is 25.0 Å². The van der Waals surface area contributed by atoms with Crippen LogP contribution in [0.25, 0.3) is 0 Å². The smallest absolute Gasteiger partial charge is 0.253 e. The highest BCUT2D eigenvalue weighted by molar-refractivity contribution is 9.09. The van der Waals surface area contributed by atoms with Gasteiger partial charge in [0.2, 0.25) is 13.1 Å². The molecule has 0 heterocycles. The van der Waals surface area contributed by atoms with Gasteiger partial charge in [0.25, 0.3) is 5.91 Å². The molecule has 0 atom stereocenters. The first-order valence-corrected chi connectivity index (χ1v) is 12.2. The van der Waals surface area contributed by atoms with Crippen LogP contribution in [0.15, 0.2) is 12.1 Å². The molecule has 31 heavy (non-hydrogen) atoms. The lowest BCUT2D eigenvalue weighted by atomic mass is 9.95. The number of benzene rings is 1. The number of halogens is 2. The van der Waals surface area contributed by atoms with Gasteiger partial charge in [-0.05, 0) is 30.0 Å². The molecule has 0 saturated carbocycles. The average molecular weight is 568 g/mol. The second kappa shape index (κ2) is 15.1. The first-order valence-electron chi connectivity index (χ1n) is 9.99. The largest absolute Gasteiger partial charge is 0.395 e. The normalized spacial score (nSPS) is 10.7. The van der Waals surface area contributed by atoms with Crippen LogP contribution >= 0.6 is 31.9 Å². The van der Waals surface area contributed by atoms with E-state index in [0.29, 0.717) is 60.7 Å². The Balaban J connectivity index is 3.45. The van der Waals surface area contributed by atoms with Gasteiger partial charge in [-0.3, -0.25) is 25.0 Å². The van der Waals surface area contributed by atoms with Gasteiger partial charge in [0, 0.05) is 53.0 Å². The number of hydrogen-bond acceptors (Lipinski definition) is 7. The van der Waals surface area contributed by atoms with Crippen molar-refractivity contribution in [3.05, 3.63) is 49.1 Å². The first-order chi connectivity index (χ1) is 14.8. The minimum Gasteiger partial charge on any atom is -0.395 e. The maximum absolute atomic E-state index is 12.9. The summed E-state index contributed by atoms with van der Waals surface area (Å²) in [4.78, 5) is 35.7. The lowest BCUT2D eigenvalue weighted by Gasteiger charge is -2.29. The summed E-state index contributed by atoms with van der Waals surface area (Å²) in [6, 6.07) is 3.63. The molecule has 10 nitrogen and oxygen atoms in total. The SMILES string of the molecule is O=C(NCCO)c1cc(CCC[N+](=O)[O-])cc(CCC[N+](=O)[O-])c1N(CCBr)CCBr. The minimum absolute atomic E-state index is 0.0946. The fourth-order valence-electron chi connectivity index (χ4n) is 3.26. The number of carbonyl (C=O) groups excluding carboxylic acids is 1. The van der Waals surface area contributed by atoms with Crippen LogP contribution in [-0.2, 0) is 12.8 Å². The number of anilines is 1. The van der Waals surface area contributed by atoms with Gasteiger partial charge in [0.1, 0.15) is 0 Å². The van der Waals surface area contributed by atoms with Crippen LogP contribution in [0.3, 0.4) is 0 Å². The summed E-state index contributed by atoms with van der Waals surface area (Å²) < 4.78 is 0. The van der Waals surface area contributed by atoms with Gasteiger partial charge >= 0.3 is 0 Å². The third-order valence-corrected chi connectivity index (χ3v) is 5.22. The van der Waals surface area contributed by atoms with E-state index in [4.69, 9.17) is 5.11 Å². The Bertz CT molecular complexity index is 744. The molecule has 1 amide bonds. The molecule has 12 heteroatoms. The molecule has 1 aromatic carbocycles.